The Bertz CT molecular complexity index is 267. The lowest BCUT2D eigenvalue weighted by Gasteiger charge is -2.53. The summed E-state index contributed by atoms with van der Waals surface area (Å²) in [5, 5.41) is 0. The largest absolute Gasteiger partial charge is 0.469 e. The highest BCUT2D eigenvalue weighted by atomic mass is 16.3. The Balaban J connectivity index is 1.93. The summed E-state index contributed by atoms with van der Waals surface area (Å²) in [6.45, 7) is 3.74. The first-order chi connectivity index (χ1) is 5.89. The number of rotatable bonds is 1. The van der Waals surface area contributed by atoms with Crippen molar-refractivity contribution in [2.24, 2.45) is 0 Å². The third-order valence-corrected chi connectivity index (χ3v) is 3.23. The van der Waals surface area contributed by atoms with E-state index in [2.05, 4.69) is 11.0 Å². The van der Waals surface area contributed by atoms with E-state index in [4.69, 9.17) is 4.42 Å². The number of fused-ring (bicyclic) bond motifs is 2. The van der Waals surface area contributed by atoms with E-state index in [0.29, 0.717) is 5.41 Å². The lowest BCUT2D eigenvalue weighted by molar-refractivity contribution is -0.0000433. The van der Waals surface area contributed by atoms with Crippen LogP contribution in [0.3, 0.4) is 0 Å². The molecule has 2 bridgehead atoms. The maximum absolute atomic E-state index is 5.49. The maximum Gasteiger partial charge on any atom is 0.112 e. The second-order valence-corrected chi connectivity index (χ2v) is 4.07. The molecule has 4 rings (SSSR count). The van der Waals surface area contributed by atoms with Gasteiger partial charge in [-0.1, -0.05) is 0 Å². The van der Waals surface area contributed by atoms with Gasteiger partial charge in [0.15, 0.2) is 0 Å². The van der Waals surface area contributed by atoms with Crippen LogP contribution < -0.4 is 0 Å². The van der Waals surface area contributed by atoms with E-state index in [1.165, 1.54) is 38.2 Å². The van der Waals surface area contributed by atoms with E-state index in [-0.39, 0.29) is 0 Å². The third-order valence-electron chi connectivity index (χ3n) is 3.23. The summed E-state index contributed by atoms with van der Waals surface area (Å²) in [4.78, 5) is 2.51. The van der Waals surface area contributed by atoms with Gasteiger partial charge in [-0.15, -0.1) is 0 Å². The zero-order valence-corrected chi connectivity index (χ0v) is 7.12. The molecule has 0 aliphatic carbocycles. The summed E-state index contributed by atoms with van der Waals surface area (Å²) in [6.07, 6.45) is 4.44. The third kappa shape index (κ3) is 0.734. The van der Waals surface area contributed by atoms with Crippen LogP contribution in [0.5, 0.6) is 0 Å². The van der Waals surface area contributed by atoms with E-state index in [1.54, 1.807) is 6.26 Å². The topological polar surface area (TPSA) is 16.4 Å². The normalized spacial score (nSPS) is 39.2. The smallest absolute Gasteiger partial charge is 0.112 e. The van der Waals surface area contributed by atoms with Crippen molar-refractivity contribution in [2.75, 3.05) is 19.6 Å². The van der Waals surface area contributed by atoms with E-state index in [9.17, 15) is 0 Å². The van der Waals surface area contributed by atoms with Crippen LogP contribution in [0.25, 0.3) is 0 Å². The van der Waals surface area contributed by atoms with Gasteiger partial charge in [-0.05, 0) is 31.5 Å². The van der Waals surface area contributed by atoms with Gasteiger partial charge < -0.3 is 9.32 Å². The summed E-state index contributed by atoms with van der Waals surface area (Å²) in [5.74, 6) is 1.21. The Kier molecular flexibility index (Phi) is 1.20. The van der Waals surface area contributed by atoms with Crippen molar-refractivity contribution in [3.8, 4) is 0 Å². The Morgan fingerprint density at radius 1 is 1.42 bits per heavy atom. The number of piperidine rings is 2. The summed E-state index contributed by atoms with van der Waals surface area (Å²) in [6, 6.07) is 4.13. The molecule has 2 heteroatoms. The Labute approximate surface area is 72.2 Å². The molecule has 0 saturated carbocycles. The summed E-state index contributed by atoms with van der Waals surface area (Å²) in [7, 11) is 0. The fourth-order valence-corrected chi connectivity index (χ4v) is 2.63. The van der Waals surface area contributed by atoms with Crippen molar-refractivity contribution < 1.29 is 4.42 Å². The van der Waals surface area contributed by atoms with Crippen LogP contribution in [-0.4, -0.2) is 24.5 Å². The van der Waals surface area contributed by atoms with Crippen LogP contribution in [0.15, 0.2) is 22.8 Å². The summed E-state index contributed by atoms with van der Waals surface area (Å²) < 4.78 is 5.49. The highest BCUT2D eigenvalue weighted by molar-refractivity contribution is 5.22. The van der Waals surface area contributed by atoms with Crippen LogP contribution in [0.2, 0.25) is 0 Å². The molecule has 3 aliphatic rings. The maximum atomic E-state index is 5.49. The molecule has 1 aromatic rings. The molecule has 64 valence electrons. The highest BCUT2D eigenvalue weighted by Gasteiger charge is 2.48. The Hall–Kier alpha value is -0.760. The molecule has 1 aromatic heterocycles. The molecule has 0 radical (unpaired) electrons. The molecule has 0 N–H and O–H groups in total. The fourth-order valence-electron chi connectivity index (χ4n) is 2.63. The fraction of sp³-hybridized carbons (Fsp3) is 0.600. The van der Waals surface area contributed by atoms with E-state index in [0.717, 1.165) is 0 Å². The van der Waals surface area contributed by atoms with Crippen molar-refractivity contribution in [2.45, 2.75) is 18.3 Å². The van der Waals surface area contributed by atoms with Crippen LogP contribution in [0, 0.1) is 0 Å². The Morgan fingerprint density at radius 2 is 2.33 bits per heavy atom. The van der Waals surface area contributed by atoms with Crippen LogP contribution >= 0.6 is 0 Å². The van der Waals surface area contributed by atoms with Gasteiger partial charge in [-0.3, -0.25) is 0 Å². The van der Waals surface area contributed by atoms with Gasteiger partial charge in [-0.2, -0.15) is 0 Å². The summed E-state index contributed by atoms with van der Waals surface area (Å²) >= 11 is 0. The van der Waals surface area contributed by atoms with Gasteiger partial charge in [0.05, 0.1) is 11.7 Å². The zero-order valence-electron chi connectivity index (χ0n) is 7.12. The van der Waals surface area contributed by atoms with Crippen LogP contribution in [0.4, 0.5) is 0 Å². The van der Waals surface area contributed by atoms with E-state index >= 15 is 0 Å². The average molecular weight is 163 g/mol. The molecule has 0 atom stereocenters. The molecule has 3 fully saturated rings. The van der Waals surface area contributed by atoms with Gasteiger partial charge >= 0.3 is 0 Å². The molecular weight excluding hydrogens is 150 g/mol. The first-order valence-corrected chi connectivity index (χ1v) is 4.65. The van der Waals surface area contributed by atoms with Gasteiger partial charge in [0.25, 0.3) is 0 Å². The lowest BCUT2D eigenvalue weighted by Crippen LogP contribution is -2.62. The minimum Gasteiger partial charge on any atom is -0.469 e. The molecule has 0 aromatic carbocycles. The molecule has 0 spiro atoms. The molecule has 12 heavy (non-hydrogen) atoms. The monoisotopic (exact) mass is 163 g/mol. The van der Waals surface area contributed by atoms with Crippen molar-refractivity contribution in [3.63, 3.8) is 0 Å². The highest BCUT2D eigenvalue weighted by Crippen LogP contribution is 2.42. The quantitative estimate of drug-likeness (QED) is 0.625. The standard InChI is InChI=1S/C10H13NO/c1-3-9(12-6-1)10-4-2-5-11(7-10)8-10/h1,3,6H,2,4-5,7-8H2. The Morgan fingerprint density at radius 3 is 2.92 bits per heavy atom. The second kappa shape index (κ2) is 2.13. The van der Waals surface area contributed by atoms with E-state index < -0.39 is 0 Å². The number of nitrogens with zero attached hydrogens (tertiary/aromatic N) is 1. The van der Waals surface area contributed by atoms with Gasteiger partial charge in [0.2, 0.25) is 0 Å². The van der Waals surface area contributed by atoms with Gasteiger partial charge in [0, 0.05) is 13.1 Å². The molecule has 2 nitrogen and oxygen atoms in total. The number of hydrogen-bond acceptors (Lipinski definition) is 2. The van der Waals surface area contributed by atoms with Crippen LogP contribution in [-0.2, 0) is 5.41 Å². The van der Waals surface area contributed by atoms with Crippen molar-refractivity contribution in [1.82, 2.24) is 4.90 Å². The van der Waals surface area contributed by atoms with Crippen LogP contribution in [0.1, 0.15) is 18.6 Å². The van der Waals surface area contributed by atoms with Crippen molar-refractivity contribution >= 4 is 0 Å². The SMILES string of the molecule is c1coc(C23CCCN(C2)C3)c1. The van der Waals surface area contributed by atoms with Gasteiger partial charge in [-0.25, -0.2) is 0 Å². The minimum atomic E-state index is 0.405. The molecule has 3 saturated heterocycles. The predicted octanol–water partition coefficient (Wildman–Crippen LogP) is 1.63. The molecule has 3 aliphatic heterocycles. The first-order valence-electron chi connectivity index (χ1n) is 4.65. The van der Waals surface area contributed by atoms with E-state index in [1.807, 2.05) is 6.07 Å². The molecule has 0 unspecified atom stereocenters. The minimum absolute atomic E-state index is 0.405. The molecule has 4 heterocycles. The predicted molar refractivity (Wildman–Crippen MR) is 46.1 cm³/mol. The second-order valence-electron chi connectivity index (χ2n) is 4.07. The average Bonchev–Trinajstić information content (AvgIpc) is 2.55. The van der Waals surface area contributed by atoms with Crippen molar-refractivity contribution in [3.05, 3.63) is 24.2 Å². The first kappa shape index (κ1) is 6.72. The molecule has 0 amide bonds. The summed E-state index contributed by atoms with van der Waals surface area (Å²) in [5.41, 5.74) is 0.405. The molecular formula is C10H13NO. The number of hydrogen-bond donors (Lipinski definition) is 0. The zero-order chi connectivity index (χ0) is 8.02. The number of furan rings is 1. The van der Waals surface area contributed by atoms with Gasteiger partial charge in [0.1, 0.15) is 5.76 Å². The lowest BCUT2D eigenvalue weighted by atomic mass is 9.70. The van der Waals surface area contributed by atoms with Crippen molar-refractivity contribution in [1.29, 1.82) is 0 Å².